The molecule has 4 rings (SSSR count). The minimum absolute atomic E-state index is 0.115. The molecule has 1 aromatic heterocycles. The third kappa shape index (κ3) is 5.84. The van der Waals surface area contributed by atoms with Crippen LogP contribution in [-0.4, -0.2) is 16.9 Å². The second-order valence-corrected chi connectivity index (χ2v) is 7.90. The highest BCUT2D eigenvalue weighted by atomic mass is 32.1. The van der Waals surface area contributed by atoms with Crippen molar-refractivity contribution in [1.29, 1.82) is 0 Å². The molecule has 1 heterocycles. The van der Waals surface area contributed by atoms with Gasteiger partial charge in [0, 0.05) is 17.6 Å². The van der Waals surface area contributed by atoms with E-state index >= 15 is 0 Å². The van der Waals surface area contributed by atoms with Crippen LogP contribution in [0.3, 0.4) is 0 Å². The molecule has 156 valence electrons. The number of nitrogens with zero attached hydrogens (tertiary/aromatic N) is 1. The van der Waals surface area contributed by atoms with E-state index in [9.17, 15) is 9.18 Å². The summed E-state index contributed by atoms with van der Waals surface area (Å²) in [6.45, 7) is 0.518. The number of rotatable bonds is 8. The molecule has 4 nitrogen and oxygen atoms in total. The second kappa shape index (κ2) is 10.1. The summed E-state index contributed by atoms with van der Waals surface area (Å²) in [4.78, 5) is 17.4. The molecule has 0 aliphatic carbocycles. The zero-order chi connectivity index (χ0) is 21.5. The molecule has 31 heavy (non-hydrogen) atoms. The van der Waals surface area contributed by atoms with E-state index in [4.69, 9.17) is 0 Å². The average molecular weight is 432 g/mol. The van der Waals surface area contributed by atoms with Crippen LogP contribution in [0.5, 0.6) is 0 Å². The summed E-state index contributed by atoms with van der Waals surface area (Å²) < 4.78 is 13.2. The highest BCUT2D eigenvalue weighted by molar-refractivity contribution is 7.07. The number of carbonyl (C=O) groups is 1. The topological polar surface area (TPSA) is 54.0 Å². The normalized spacial score (nSPS) is 11.8. The summed E-state index contributed by atoms with van der Waals surface area (Å²) in [5.74, 6) is -0.390. The van der Waals surface area contributed by atoms with Crippen LogP contribution in [0.4, 0.5) is 10.1 Å². The van der Waals surface area contributed by atoms with Crippen molar-refractivity contribution in [3.05, 3.63) is 107 Å². The quantitative estimate of drug-likeness (QED) is 0.399. The van der Waals surface area contributed by atoms with Gasteiger partial charge in [-0.05, 0) is 47.4 Å². The Morgan fingerprint density at radius 2 is 1.77 bits per heavy atom. The first-order chi connectivity index (χ1) is 15.2. The van der Waals surface area contributed by atoms with Gasteiger partial charge < -0.3 is 5.32 Å². The monoisotopic (exact) mass is 431 g/mol. The predicted molar refractivity (Wildman–Crippen MR) is 123 cm³/mol. The Bertz CT molecular complexity index is 1120. The molecular weight excluding hydrogens is 409 g/mol. The van der Waals surface area contributed by atoms with E-state index in [1.807, 2.05) is 60.0 Å². The third-order valence-electron chi connectivity index (χ3n) is 4.92. The Kier molecular flexibility index (Phi) is 6.82. The molecule has 3 aromatic carbocycles. The molecule has 0 bridgehead atoms. The molecule has 0 saturated carbocycles. The minimum atomic E-state index is -0.418. The van der Waals surface area contributed by atoms with Crippen molar-refractivity contribution >= 4 is 22.9 Å². The van der Waals surface area contributed by atoms with Crippen LogP contribution in [0.1, 0.15) is 11.3 Å². The number of carbonyl (C=O) groups excluding carboxylic acids is 1. The maximum atomic E-state index is 13.2. The molecule has 0 spiro atoms. The molecule has 1 atom stereocenters. The lowest BCUT2D eigenvalue weighted by atomic mass is 10.0. The number of benzene rings is 3. The van der Waals surface area contributed by atoms with Gasteiger partial charge in [-0.3, -0.25) is 10.1 Å². The number of amides is 1. The van der Waals surface area contributed by atoms with E-state index in [0.29, 0.717) is 18.7 Å². The molecule has 6 heteroatoms. The van der Waals surface area contributed by atoms with Crippen LogP contribution in [-0.2, 0) is 17.8 Å². The largest absolute Gasteiger partial charge is 0.325 e. The fraction of sp³-hybridized carbons (Fsp3) is 0.120. The van der Waals surface area contributed by atoms with Gasteiger partial charge in [0.05, 0.1) is 17.2 Å². The van der Waals surface area contributed by atoms with Gasteiger partial charge in [-0.2, -0.15) is 0 Å². The van der Waals surface area contributed by atoms with Crippen molar-refractivity contribution in [1.82, 2.24) is 10.3 Å². The van der Waals surface area contributed by atoms with Crippen molar-refractivity contribution < 1.29 is 9.18 Å². The Morgan fingerprint density at radius 1 is 0.968 bits per heavy atom. The lowest BCUT2D eigenvalue weighted by Crippen LogP contribution is -2.41. The zero-order valence-corrected chi connectivity index (χ0v) is 17.6. The third-order valence-corrected chi connectivity index (χ3v) is 5.56. The number of hydrogen-bond acceptors (Lipinski definition) is 4. The van der Waals surface area contributed by atoms with Crippen molar-refractivity contribution in [3.63, 3.8) is 0 Å². The SMILES string of the molecule is O=C(Nc1cccc(-c2ccc(F)cc2)c1)[C@H](Cc1ccccc1)NCc1cscn1. The zero-order valence-electron chi connectivity index (χ0n) is 16.8. The maximum absolute atomic E-state index is 13.2. The van der Waals surface area contributed by atoms with E-state index in [1.165, 1.54) is 23.5 Å². The molecule has 0 fully saturated rings. The number of thiazole rings is 1. The van der Waals surface area contributed by atoms with Crippen molar-refractivity contribution in [2.75, 3.05) is 5.32 Å². The number of halogens is 1. The standard InChI is InChI=1S/C25H22FN3OS/c26-21-11-9-19(10-12-21)20-7-4-8-22(14-20)29-25(30)24(13-18-5-2-1-3-6-18)27-15-23-16-31-17-28-23/h1-12,14,16-17,24,27H,13,15H2,(H,29,30)/t24-/m0/s1. The number of hydrogen-bond donors (Lipinski definition) is 2. The first-order valence-corrected chi connectivity index (χ1v) is 10.9. The summed E-state index contributed by atoms with van der Waals surface area (Å²) in [5, 5.41) is 8.32. The van der Waals surface area contributed by atoms with Gasteiger partial charge >= 0.3 is 0 Å². The van der Waals surface area contributed by atoms with E-state index < -0.39 is 6.04 Å². The van der Waals surface area contributed by atoms with Gasteiger partial charge in [0.2, 0.25) is 5.91 Å². The molecule has 0 saturated heterocycles. The first-order valence-electron chi connectivity index (χ1n) is 9.98. The van der Waals surface area contributed by atoms with Crippen molar-refractivity contribution in [2.45, 2.75) is 19.0 Å². The van der Waals surface area contributed by atoms with Gasteiger partial charge in [-0.15, -0.1) is 11.3 Å². The second-order valence-electron chi connectivity index (χ2n) is 7.18. The van der Waals surface area contributed by atoms with Crippen LogP contribution < -0.4 is 10.6 Å². The van der Waals surface area contributed by atoms with E-state index in [-0.39, 0.29) is 11.7 Å². The van der Waals surface area contributed by atoms with Crippen LogP contribution in [0, 0.1) is 5.82 Å². The summed E-state index contributed by atoms with van der Waals surface area (Å²) in [7, 11) is 0. The molecule has 0 radical (unpaired) electrons. The number of nitrogens with one attached hydrogen (secondary N) is 2. The smallest absolute Gasteiger partial charge is 0.241 e. The number of anilines is 1. The Balaban J connectivity index is 1.49. The van der Waals surface area contributed by atoms with Crippen LogP contribution in [0.25, 0.3) is 11.1 Å². The van der Waals surface area contributed by atoms with Gasteiger partial charge in [0.1, 0.15) is 5.82 Å². The van der Waals surface area contributed by atoms with Crippen LogP contribution >= 0.6 is 11.3 Å². The summed E-state index contributed by atoms with van der Waals surface area (Å²) in [6.07, 6.45) is 0.564. The van der Waals surface area contributed by atoms with Crippen molar-refractivity contribution in [3.8, 4) is 11.1 Å². The maximum Gasteiger partial charge on any atom is 0.241 e. The van der Waals surface area contributed by atoms with E-state index in [2.05, 4.69) is 15.6 Å². The van der Waals surface area contributed by atoms with Crippen LogP contribution in [0.2, 0.25) is 0 Å². The summed E-state index contributed by atoms with van der Waals surface area (Å²) >= 11 is 1.53. The lowest BCUT2D eigenvalue weighted by molar-refractivity contribution is -0.118. The van der Waals surface area contributed by atoms with Gasteiger partial charge in [0.15, 0.2) is 0 Å². The van der Waals surface area contributed by atoms with Crippen LogP contribution in [0.15, 0.2) is 89.8 Å². The predicted octanol–water partition coefficient (Wildman–Crippen LogP) is 5.29. The fourth-order valence-electron chi connectivity index (χ4n) is 3.31. The van der Waals surface area contributed by atoms with E-state index in [0.717, 1.165) is 22.4 Å². The summed E-state index contributed by atoms with van der Waals surface area (Å²) in [6, 6.07) is 23.4. The Morgan fingerprint density at radius 3 is 2.52 bits per heavy atom. The molecule has 2 N–H and O–H groups in total. The highest BCUT2D eigenvalue weighted by Gasteiger charge is 2.19. The summed E-state index contributed by atoms with van der Waals surface area (Å²) in [5.41, 5.74) is 6.26. The van der Waals surface area contributed by atoms with Gasteiger partial charge in [0.25, 0.3) is 0 Å². The highest BCUT2D eigenvalue weighted by Crippen LogP contribution is 2.23. The minimum Gasteiger partial charge on any atom is -0.325 e. The lowest BCUT2D eigenvalue weighted by Gasteiger charge is -2.18. The Hall–Kier alpha value is -3.35. The molecule has 4 aromatic rings. The van der Waals surface area contributed by atoms with E-state index in [1.54, 1.807) is 17.6 Å². The fourth-order valence-corrected chi connectivity index (χ4v) is 3.87. The van der Waals surface area contributed by atoms with Crippen molar-refractivity contribution in [2.24, 2.45) is 0 Å². The molecule has 0 aliphatic heterocycles. The molecule has 1 amide bonds. The van der Waals surface area contributed by atoms with Gasteiger partial charge in [-0.25, -0.2) is 9.37 Å². The first kappa shape index (κ1) is 20.9. The Labute approximate surface area is 184 Å². The van der Waals surface area contributed by atoms with Gasteiger partial charge in [-0.1, -0.05) is 54.6 Å². The molecule has 0 unspecified atom stereocenters. The molecular formula is C25H22FN3OS. The molecule has 0 aliphatic rings. The average Bonchev–Trinajstić information content (AvgIpc) is 3.31. The number of aromatic nitrogens is 1.